The Hall–Kier alpha value is -2.40. The molecule has 1 saturated heterocycles. The van der Waals surface area contributed by atoms with E-state index in [1.165, 1.54) is 16.0 Å². The van der Waals surface area contributed by atoms with Crippen LogP contribution in [0.25, 0.3) is 0 Å². The fourth-order valence-electron chi connectivity index (χ4n) is 3.64. The average Bonchev–Trinajstić information content (AvgIpc) is 3.13. The van der Waals surface area contributed by atoms with E-state index in [-0.39, 0.29) is 18.5 Å². The minimum atomic E-state index is -1.04. The molecular formula is C19H18ClN3O2. The average molecular weight is 356 g/mol. The Morgan fingerprint density at radius 3 is 2.80 bits per heavy atom. The molecule has 0 unspecified atom stereocenters. The smallest absolute Gasteiger partial charge is 0.319 e. The minimum absolute atomic E-state index is 0.174. The second-order valence-corrected chi connectivity index (χ2v) is 7.16. The number of rotatable bonds is 3. The first kappa shape index (κ1) is 16.1. The molecular weight excluding hydrogens is 338 g/mol. The number of aromatic nitrogens is 1. The van der Waals surface area contributed by atoms with Crippen LogP contribution in [0, 0.1) is 0 Å². The van der Waals surface area contributed by atoms with Gasteiger partial charge in [0.05, 0.1) is 6.54 Å². The molecule has 1 aliphatic carbocycles. The molecule has 0 radical (unpaired) electrons. The lowest BCUT2D eigenvalue weighted by Gasteiger charge is -2.23. The highest BCUT2D eigenvalue weighted by Gasteiger charge is 2.49. The topological polar surface area (TPSA) is 62.3 Å². The van der Waals surface area contributed by atoms with Crippen molar-refractivity contribution < 1.29 is 9.59 Å². The molecule has 2 aliphatic rings. The molecule has 25 heavy (non-hydrogen) atoms. The van der Waals surface area contributed by atoms with Crippen LogP contribution in [0.1, 0.15) is 35.6 Å². The summed E-state index contributed by atoms with van der Waals surface area (Å²) in [6, 6.07) is 9.11. The van der Waals surface area contributed by atoms with Crippen molar-refractivity contribution in [2.45, 2.75) is 38.3 Å². The summed E-state index contributed by atoms with van der Waals surface area (Å²) in [5.41, 5.74) is 3.18. The Labute approximate surface area is 151 Å². The number of nitrogens with one attached hydrogen (secondary N) is 1. The summed E-state index contributed by atoms with van der Waals surface area (Å²) in [4.78, 5) is 30.6. The van der Waals surface area contributed by atoms with Gasteiger partial charge in [-0.1, -0.05) is 29.8 Å². The fraction of sp³-hybridized carbons (Fsp3) is 0.316. The van der Waals surface area contributed by atoms with Gasteiger partial charge in [-0.3, -0.25) is 9.69 Å². The van der Waals surface area contributed by atoms with Gasteiger partial charge in [-0.25, -0.2) is 9.78 Å². The normalized spacial score (nSPS) is 22.2. The van der Waals surface area contributed by atoms with Gasteiger partial charge in [-0.15, -0.1) is 0 Å². The van der Waals surface area contributed by atoms with Gasteiger partial charge in [0.15, 0.2) is 0 Å². The zero-order valence-electron chi connectivity index (χ0n) is 13.9. The maximum Gasteiger partial charge on any atom is 0.325 e. The highest BCUT2D eigenvalue weighted by Crippen LogP contribution is 2.33. The number of nitrogens with zero attached hydrogens (tertiary/aromatic N) is 2. The largest absolute Gasteiger partial charge is 0.325 e. The standard InChI is InChI=1S/C19H18ClN3O2/c1-19(15-6-5-13-3-2-4-14(13)10-15)17(24)23(18(25)22-19)11-12-7-8-21-16(20)9-12/h5-10H,2-4,11H2,1H3,(H,22,25)/t19-/m1/s1. The molecule has 128 valence electrons. The van der Waals surface area contributed by atoms with Crippen molar-refractivity contribution in [3.05, 3.63) is 63.9 Å². The van der Waals surface area contributed by atoms with Crippen LogP contribution in [-0.4, -0.2) is 21.8 Å². The summed E-state index contributed by atoms with van der Waals surface area (Å²) >= 11 is 5.89. The van der Waals surface area contributed by atoms with Crippen LogP contribution >= 0.6 is 11.6 Å². The zero-order valence-corrected chi connectivity index (χ0v) is 14.6. The number of hydrogen-bond acceptors (Lipinski definition) is 3. The Kier molecular flexibility index (Phi) is 3.76. The molecule has 0 spiro atoms. The third kappa shape index (κ3) is 2.68. The van der Waals surface area contributed by atoms with Crippen molar-refractivity contribution >= 4 is 23.5 Å². The molecule has 1 aliphatic heterocycles. The molecule has 6 heteroatoms. The van der Waals surface area contributed by atoms with E-state index in [4.69, 9.17) is 11.6 Å². The number of halogens is 1. The monoisotopic (exact) mass is 355 g/mol. The van der Waals surface area contributed by atoms with Crippen LogP contribution in [0.4, 0.5) is 4.79 Å². The van der Waals surface area contributed by atoms with Crippen LogP contribution < -0.4 is 5.32 Å². The fourth-order valence-corrected chi connectivity index (χ4v) is 3.84. The summed E-state index contributed by atoms with van der Waals surface area (Å²) in [6.07, 6.45) is 4.82. The molecule has 2 aromatic rings. The van der Waals surface area contributed by atoms with E-state index in [9.17, 15) is 9.59 Å². The maximum absolute atomic E-state index is 13.0. The first-order chi connectivity index (χ1) is 12.0. The van der Waals surface area contributed by atoms with Crippen LogP contribution in [0.15, 0.2) is 36.5 Å². The minimum Gasteiger partial charge on any atom is -0.319 e. The second kappa shape index (κ2) is 5.85. The Morgan fingerprint density at radius 1 is 1.20 bits per heavy atom. The molecule has 2 heterocycles. The number of hydrogen-bond donors (Lipinski definition) is 1. The summed E-state index contributed by atoms with van der Waals surface area (Å²) in [6.45, 7) is 1.94. The predicted molar refractivity (Wildman–Crippen MR) is 94.1 cm³/mol. The molecule has 5 nitrogen and oxygen atoms in total. The SMILES string of the molecule is C[C@]1(c2ccc3c(c2)CCC3)NC(=O)N(Cc2ccnc(Cl)c2)C1=O. The van der Waals surface area contributed by atoms with Crippen molar-refractivity contribution in [1.29, 1.82) is 0 Å². The molecule has 3 amide bonds. The second-order valence-electron chi connectivity index (χ2n) is 6.77. The van der Waals surface area contributed by atoms with Gasteiger partial charge in [0, 0.05) is 6.20 Å². The molecule has 1 atom stereocenters. The van der Waals surface area contributed by atoms with Crippen LogP contribution in [0.2, 0.25) is 5.15 Å². The van der Waals surface area contributed by atoms with E-state index in [1.54, 1.807) is 25.3 Å². The number of pyridine rings is 1. The number of carbonyl (C=O) groups is 2. The number of benzene rings is 1. The number of imide groups is 1. The molecule has 1 aromatic carbocycles. The molecule has 1 N–H and O–H groups in total. The van der Waals surface area contributed by atoms with E-state index in [0.717, 1.165) is 30.4 Å². The van der Waals surface area contributed by atoms with Crippen molar-refractivity contribution in [3.8, 4) is 0 Å². The molecule has 0 saturated carbocycles. The Balaban J connectivity index is 1.63. The van der Waals surface area contributed by atoms with E-state index < -0.39 is 5.54 Å². The first-order valence-corrected chi connectivity index (χ1v) is 8.72. The number of carbonyl (C=O) groups excluding carboxylic acids is 2. The van der Waals surface area contributed by atoms with Crippen molar-refractivity contribution in [2.24, 2.45) is 0 Å². The summed E-state index contributed by atoms with van der Waals surface area (Å²) in [7, 11) is 0. The van der Waals surface area contributed by atoms with E-state index in [0.29, 0.717) is 5.15 Å². The van der Waals surface area contributed by atoms with E-state index in [1.807, 2.05) is 6.07 Å². The first-order valence-electron chi connectivity index (χ1n) is 8.34. The van der Waals surface area contributed by atoms with Gasteiger partial charge < -0.3 is 5.32 Å². The van der Waals surface area contributed by atoms with Gasteiger partial charge in [-0.2, -0.15) is 0 Å². The van der Waals surface area contributed by atoms with Gasteiger partial charge in [0.25, 0.3) is 5.91 Å². The van der Waals surface area contributed by atoms with Crippen molar-refractivity contribution in [3.63, 3.8) is 0 Å². The lowest BCUT2D eigenvalue weighted by molar-refractivity contribution is -0.131. The predicted octanol–water partition coefficient (Wildman–Crippen LogP) is 3.19. The van der Waals surface area contributed by atoms with Gasteiger partial charge in [0.2, 0.25) is 0 Å². The highest BCUT2D eigenvalue weighted by atomic mass is 35.5. The number of urea groups is 1. The van der Waals surface area contributed by atoms with Gasteiger partial charge in [-0.05, 0) is 60.6 Å². The van der Waals surface area contributed by atoms with E-state index in [2.05, 4.69) is 22.4 Å². The van der Waals surface area contributed by atoms with Crippen LogP contribution in [0.5, 0.6) is 0 Å². The maximum atomic E-state index is 13.0. The van der Waals surface area contributed by atoms with Crippen LogP contribution in [0.3, 0.4) is 0 Å². The number of fused-ring (bicyclic) bond motifs is 1. The van der Waals surface area contributed by atoms with E-state index >= 15 is 0 Å². The molecule has 4 rings (SSSR count). The molecule has 0 bridgehead atoms. The quantitative estimate of drug-likeness (QED) is 0.679. The number of aryl methyl sites for hydroxylation is 2. The van der Waals surface area contributed by atoms with Crippen molar-refractivity contribution in [2.75, 3.05) is 0 Å². The van der Waals surface area contributed by atoms with Crippen molar-refractivity contribution in [1.82, 2.24) is 15.2 Å². The highest BCUT2D eigenvalue weighted by molar-refractivity contribution is 6.29. The summed E-state index contributed by atoms with van der Waals surface area (Å²) in [5.74, 6) is -0.247. The Bertz CT molecular complexity index is 883. The number of amides is 3. The third-order valence-electron chi connectivity index (χ3n) is 5.08. The lowest BCUT2D eigenvalue weighted by Crippen LogP contribution is -2.40. The molecule has 1 aromatic heterocycles. The summed E-state index contributed by atoms with van der Waals surface area (Å²) < 4.78 is 0. The summed E-state index contributed by atoms with van der Waals surface area (Å²) in [5, 5.41) is 3.20. The zero-order chi connectivity index (χ0) is 17.6. The van der Waals surface area contributed by atoms with Crippen LogP contribution in [-0.2, 0) is 29.7 Å². The van der Waals surface area contributed by atoms with Gasteiger partial charge in [0.1, 0.15) is 10.7 Å². The third-order valence-corrected chi connectivity index (χ3v) is 5.29. The lowest BCUT2D eigenvalue weighted by atomic mass is 9.89. The van der Waals surface area contributed by atoms with Gasteiger partial charge >= 0.3 is 6.03 Å². The molecule has 1 fully saturated rings. The Morgan fingerprint density at radius 2 is 2.00 bits per heavy atom.